The lowest BCUT2D eigenvalue weighted by atomic mass is 10.1. The molecule has 0 aromatic heterocycles. The molecule has 0 radical (unpaired) electrons. The SMILES string of the molecule is CC(NCC(O)C(C)C)c1ccc(S(C)(=O)=O)cc1. The molecule has 0 bridgehead atoms. The van der Waals surface area contributed by atoms with E-state index in [1.165, 1.54) is 6.26 Å². The second kappa shape index (κ2) is 6.50. The van der Waals surface area contributed by atoms with E-state index >= 15 is 0 Å². The van der Waals surface area contributed by atoms with Crippen molar-refractivity contribution in [2.24, 2.45) is 5.92 Å². The van der Waals surface area contributed by atoms with E-state index < -0.39 is 9.84 Å². The van der Waals surface area contributed by atoms with Crippen molar-refractivity contribution in [2.75, 3.05) is 12.8 Å². The molecular formula is C14H23NO3S. The van der Waals surface area contributed by atoms with Crippen molar-refractivity contribution < 1.29 is 13.5 Å². The van der Waals surface area contributed by atoms with Crippen LogP contribution in [0, 0.1) is 5.92 Å². The maximum Gasteiger partial charge on any atom is 0.175 e. The first kappa shape index (κ1) is 16.1. The molecule has 0 spiro atoms. The molecule has 0 aliphatic rings. The van der Waals surface area contributed by atoms with Crippen LogP contribution < -0.4 is 5.32 Å². The fourth-order valence-corrected chi connectivity index (χ4v) is 2.29. The summed E-state index contributed by atoms with van der Waals surface area (Å²) in [4.78, 5) is 0.325. The van der Waals surface area contributed by atoms with Gasteiger partial charge in [0, 0.05) is 18.8 Å². The first-order valence-electron chi connectivity index (χ1n) is 6.43. The molecule has 4 nitrogen and oxygen atoms in total. The van der Waals surface area contributed by atoms with Gasteiger partial charge in [0.2, 0.25) is 0 Å². The fraction of sp³-hybridized carbons (Fsp3) is 0.571. The summed E-state index contributed by atoms with van der Waals surface area (Å²) in [5.41, 5.74) is 1.00. The average molecular weight is 285 g/mol. The van der Waals surface area contributed by atoms with Gasteiger partial charge in [-0.15, -0.1) is 0 Å². The topological polar surface area (TPSA) is 66.4 Å². The highest BCUT2D eigenvalue weighted by atomic mass is 32.2. The van der Waals surface area contributed by atoms with Crippen molar-refractivity contribution in [3.63, 3.8) is 0 Å². The minimum absolute atomic E-state index is 0.0713. The molecule has 0 aliphatic heterocycles. The van der Waals surface area contributed by atoms with Crippen LogP contribution in [0.15, 0.2) is 29.2 Å². The molecule has 2 atom stereocenters. The van der Waals surface area contributed by atoms with Crippen LogP contribution in [-0.2, 0) is 9.84 Å². The van der Waals surface area contributed by atoms with Crippen LogP contribution in [0.4, 0.5) is 0 Å². The Morgan fingerprint density at radius 3 is 2.11 bits per heavy atom. The van der Waals surface area contributed by atoms with Gasteiger partial charge in [-0.2, -0.15) is 0 Å². The molecule has 19 heavy (non-hydrogen) atoms. The van der Waals surface area contributed by atoms with Crippen molar-refractivity contribution in [1.82, 2.24) is 5.32 Å². The van der Waals surface area contributed by atoms with Crippen molar-refractivity contribution in [1.29, 1.82) is 0 Å². The first-order chi connectivity index (χ1) is 8.71. The number of nitrogens with one attached hydrogen (secondary N) is 1. The number of benzene rings is 1. The van der Waals surface area contributed by atoms with Gasteiger partial charge >= 0.3 is 0 Å². The number of aliphatic hydroxyl groups excluding tert-OH is 1. The van der Waals surface area contributed by atoms with E-state index in [4.69, 9.17) is 0 Å². The molecule has 1 aromatic carbocycles. The van der Waals surface area contributed by atoms with Crippen LogP contribution >= 0.6 is 0 Å². The largest absolute Gasteiger partial charge is 0.392 e. The minimum atomic E-state index is -3.14. The predicted molar refractivity (Wildman–Crippen MR) is 76.8 cm³/mol. The second-order valence-corrected chi connectivity index (χ2v) is 7.30. The summed E-state index contributed by atoms with van der Waals surface area (Å²) in [6.07, 6.45) is 0.820. The van der Waals surface area contributed by atoms with Gasteiger partial charge in [0.05, 0.1) is 11.0 Å². The maximum atomic E-state index is 11.4. The number of aliphatic hydroxyl groups is 1. The molecule has 2 N–H and O–H groups in total. The van der Waals surface area contributed by atoms with Crippen LogP contribution in [0.25, 0.3) is 0 Å². The van der Waals surface area contributed by atoms with Gasteiger partial charge in [0.25, 0.3) is 0 Å². The number of hydrogen-bond acceptors (Lipinski definition) is 4. The third kappa shape index (κ3) is 4.93. The second-order valence-electron chi connectivity index (χ2n) is 5.28. The molecule has 0 heterocycles. The zero-order valence-corrected chi connectivity index (χ0v) is 12.7. The quantitative estimate of drug-likeness (QED) is 0.836. The third-order valence-electron chi connectivity index (χ3n) is 3.21. The van der Waals surface area contributed by atoms with E-state index in [-0.39, 0.29) is 18.1 Å². The molecule has 2 unspecified atom stereocenters. The highest BCUT2D eigenvalue weighted by Gasteiger charge is 2.12. The van der Waals surface area contributed by atoms with Gasteiger partial charge in [-0.05, 0) is 30.5 Å². The van der Waals surface area contributed by atoms with Gasteiger partial charge in [-0.1, -0.05) is 26.0 Å². The molecule has 0 saturated heterocycles. The summed E-state index contributed by atoms with van der Waals surface area (Å²) in [5, 5.41) is 13.0. The number of hydrogen-bond donors (Lipinski definition) is 2. The molecular weight excluding hydrogens is 262 g/mol. The van der Waals surface area contributed by atoms with Gasteiger partial charge in [-0.3, -0.25) is 0 Å². The van der Waals surface area contributed by atoms with Crippen molar-refractivity contribution in [2.45, 2.75) is 37.8 Å². The van der Waals surface area contributed by atoms with Gasteiger partial charge < -0.3 is 10.4 Å². The Bertz CT molecular complexity index is 494. The molecule has 108 valence electrons. The monoisotopic (exact) mass is 285 g/mol. The Morgan fingerprint density at radius 1 is 1.16 bits per heavy atom. The Balaban J connectivity index is 2.66. The van der Waals surface area contributed by atoms with Gasteiger partial charge in [-0.25, -0.2) is 8.42 Å². The molecule has 0 saturated carbocycles. The Kier molecular flexibility index (Phi) is 5.52. The van der Waals surface area contributed by atoms with E-state index in [1.54, 1.807) is 24.3 Å². The lowest BCUT2D eigenvalue weighted by Gasteiger charge is -2.19. The smallest absolute Gasteiger partial charge is 0.175 e. The lowest BCUT2D eigenvalue weighted by Crippen LogP contribution is -2.32. The standard InChI is InChI=1S/C14H23NO3S/c1-10(2)14(16)9-15-11(3)12-5-7-13(8-6-12)19(4,17)18/h5-8,10-11,14-16H,9H2,1-4H3. The Labute approximate surface area is 115 Å². The van der Waals surface area contributed by atoms with Crippen LogP contribution in [0.3, 0.4) is 0 Å². The van der Waals surface area contributed by atoms with Gasteiger partial charge in [0.15, 0.2) is 9.84 Å². The number of sulfone groups is 1. The minimum Gasteiger partial charge on any atom is -0.392 e. The van der Waals surface area contributed by atoms with E-state index in [0.717, 1.165) is 5.56 Å². The zero-order chi connectivity index (χ0) is 14.6. The Morgan fingerprint density at radius 2 is 1.68 bits per heavy atom. The Hall–Kier alpha value is -0.910. The molecule has 1 rings (SSSR count). The summed E-state index contributed by atoms with van der Waals surface area (Å²) in [7, 11) is -3.14. The van der Waals surface area contributed by atoms with E-state index in [2.05, 4.69) is 5.32 Å². The van der Waals surface area contributed by atoms with E-state index in [1.807, 2.05) is 20.8 Å². The number of rotatable bonds is 6. The normalized spacial score (nSPS) is 15.5. The zero-order valence-electron chi connectivity index (χ0n) is 11.9. The van der Waals surface area contributed by atoms with Crippen molar-refractivity contribution in [3.8, 4) is 0 Å². The first-order valence-corrected chi connectivity index (χ1v) is 8.32. The molecule has 0 aliphatic carbocycles. The molecule has 1 aromatic rings. The van der Waals surface area contributed by atoms with E-state index in [9.17, 15) is 13.5 Å². The summed E-state index contributed by atoms with van der Waals surface area (Å²) in [5.74, 6) is 0.215. The molecule has 0 amide bonds. The highest BCUT2D eigenvalue weighted by molar-refractivity contribution is 7.90. The molecule has 5 heteroatoms. The van der Waals surface area contributed by atoms with Crippen molar-refractivity contribution in [3.05, 3.63) is 29.8 Å². The lowest BCUT2D eigenvalue weighted by molar-refractivity contribution is 0.120. The highest BCUT2D eigenvalue weighted by Crippen LogP contribution is 2.16. The third-order valence-corrected chi connectivity index (χ3v) is 4.34. The van der Waals surface area contributed by atoms with Crippen LogP contribution in [-0.4, -0.2) is 32.4 Å². The van der Waals surface area contributed by atoms with Gasteiger partial charge in [0.1, 0.15) is 0 Å². The molecule has 0 fully saturated rings. The van der Waals surface area contributed by atoms with Crippen LogP contribution in [0.1, 0.15) is 32.4 Å². The summed E-state index contributed by atoms with van der Waals surface area (Å²) >= 11 is 0. The van der Waals surface area contributed by atoms with Crippen LogP contribution in [0.5, 0.6) is 0 Å². The maximum absolute atomic E-state index is 11.4. The van der Waals surface area contributed by atoms with Crippen molar-refractivity contribution >= 4 is 9.84 Å². The van der Waals surface area contributed by atoms with Crippen LogP contribution in [0.2, 0.25) is 0 Å². The summed E-state index contributed by atoms with van der Waals surface area (Å²) < 4.78 is 22.7. The van der Waals surface area contributed by atoms with E-state index in [0.29, 0.717) is 11.4 Å². The average Bonchev–Trinajstić information content (AvgIpc) is 2.34. The summed E-state index contributed by atoms with van der Waals surface area (Å²) in [6, 6.07) is 6.90. The summed E-state index contributed by atoms with van der Waals surface area (Å²) in [6.45, 7) is 6.45. The fourth-order valence-electron chi connectivity index (χ4n) is 1.65. The predicted octanol–water partition coefficient (Wildman–Crippen LogP) is 1.76.